The monoisotopic (exact) mass is 672 g/mol. The Kier molecular flexibility index (Phi) is 12.2. The molecule has 192 valence electrons. The van der Waals surface area contributed by atoms with Gasteiger partial charge in [0.25, 0.3) is 0 Å². The normalized spacial score (nSPS) is 13.6. The summed E-state index contributed by atoms with van der Waals surface area (Å²) >= 11 is 9.07. The lowest BCUT2D eigenvalue weighted by molar-refractivity contribution is 0.959. The van der Waals surface area contributed by atoms with Crippen molar-refractivity contribution in [2.45, 2.75) is 13.8 Å². The molecule has 0 fully saturated rings. The Morgan fingerprint density at radius 1 is 0.771 bits per heavy atom. The van der Waals surface area contributed by atoms with E-state index in [9.17, 15) is 0 Å². The van der Waals surface area contributed by atoms with E-state index in [0.717, 1.165) is 53.9 Å². The number of benzene rings is 2. The number of halogens is 3. The first-order valence-corrected chi connectivity index (χ1v) is 15.8. The van der Waals surface area contributed by atoms with Gasteiger partial charge in [0.05, 0.1) is 18.8 Å². The Hall–Kier alpha value is -1.98. The van der Waals surface area contributed by atoms with Crippen molar-refractivity contribution in [3.05, 3.63) is 45.9 Å². The smallest absolute Gasteiger partial charge is 0.195 e. The topological polar surface area (TPSA) is 79.3 Å². The zero-order valence-electron chi connectivity index (χ0n) is 21.1. The first-order valence-electron chi connectivity index (χ1n) is 11.3. The third kappa shape index (κ3) is 8.28. The molecule has 2 aliphatic rings. The molecular formula is C24H35Br3N8. The molecule has 0 aliphatic carbocycles. The van der Waals surface area contributed by atoms with Crippen molar-refractivity contribution in [1.29, 1.82) is 0 Å². The molecule has 35 heavy (non-hydrogen) atoms. The van der Waals surface area contributed by atoms with Gasteiger partial charge in [0.2, 0.25) is 0 Å². The second kappa shape index (κ2) is 14.5. The fourth-order valence-corrected chi connectivity index (χ4v) is 4.29. The van der Waals surface area contributed by atoms with Crippen LogP contribution in [0.1, 0.15) is 11.1 Å². The van der Waals surface area contributed by atoms with Crippen LogP contribution in [0.3, 0.4) is 0 Å². The molecule has 11 heteroatoms. The van der Waals surface area contributed by atoms with E-state index in [1.807, 2.05) is 14.1 Å². The van der Waals surface area contributed by atoms with Crippen molar-refractivity contribution in [1.82, 2.24) is 10.6 Å². The van der Waals surface area contributed by atoms with Gasteiger partial charge in [0.1, 0.15) is 0 Å². The summed E-state index contributed by atoms with van der Waals surface area (Å²) in [7, 11) is 8.20. The van der Waals surface area contributed by atoms with E-state index >= 15 is 0 Å². The molecule has 0 unspecified atom stereocenters. The van der Waals surface area contributed by atoms with Crippen molar-refractivity contribution < 1.29 is 0 Å². The molecule has 0 atom stereocenters. The number of nitrogens with zero attached hydrogens (tertiary/aromatic N) is 4. The van der Waals surface area contributed by atoms with Crippen LogP contribution >= 0.6 is 44.2 Å². The molecule has 2 heterocycles. The lowest BCUT2D eigenvalue weighted by Gasteiger charge is -2.20. The quantitative estimate of drug-likeness (QED) is 0.352. The van der Waals surface area contributed by atoms with E-state index in [2.05, 4.69) is 144 Å². The number of guanidine groups is 2. The number of rotatable bonds is 4. The molecule has 8 nitrogen and oxygen atoms in total. The first-order chi connectivity index (χ1) is 16.8. The van der Waals surface area contributed by atoms with Gasteiger partial charge in [-0.2, -0.15) is 0 Å². The molecule has 0 saturated carbocycles. The average molecular weight is 675 g/mol. The molecule has 0 radical (unpaired) electrons. The van der Waals surface area contributed by atoms with E-state index in [0.29, 0.717) is 0 Å². The fourth-order valence-electron chi connectivity index (χ4n) is 3.76. The summed E-state index contributed by atoms with van der Waals surface area (Å²) in [5.41, 5.74) is 7.06. The number of anilines is 4. The van der Waals surface area contributed by atoms with Gasteiger partial charge in [-0.1, -0.05) is 6.07 Å². The second-order valence-corrected chi connectivity index (χ2v) is 9.22. The fraction of sp³-hybridized carbons (Fsp3) is 0.417. The minimum absolute atomic E-state index is 0.840. The SMILES string of the molecule is BrBr.Cc1c(N(C)C)ccc(Br)c1NC1=NCCN1.Cc1c(NC2=NCCN2)cccc1N(C)C. The van der Waals surface area contributed by atoms with E-state index < -0.39 is 0 Å². The number of nitrogens with one attached hydrogen (secondary N) is 4. The van der Waals surface area contributed by atoms with Crippen LogP contribution in [0.15, 0.2) is 44.8 Å². The maximum atomic E-state index is 4.35. The lowest BCUT2D eigenvalue weighted by Crippen LogP contribution is -2.27. The Morgan fingerprint density at radius 2 is 1.31 bits per heavy atom. The van der Waals surface area contributed by atoms with Crippen LogP contribution in [0.5, 0.6) is 0 Å². The standard InChI is InChI=1S/C12H17BrN4.C12H18N4.Br2/c1-8-10(17(2)3)5-4-9(13)11(8)16-12-14-6-7-15-12;1-9-10(15-12-13-7-8-14-12)5-4-6-11(9)16(2)3;1-2/h4-5H,6-7H2,1-3H3,(H2,14,15,16);4-6H,7-8H2,1-3H3,(H2,13,14,15);. The molecule has 0 saturated heterocycles. The molecule has 2 aliphatic heterocycles. The van der Waals surface area contributed by atoms with E-state index in [1.165, 1.54) is 22.5 Å². The Bertz CT molecular complexity index is 1040. The van der Waals surface area contributed by atoms with Gasteiger partial charge in [-0.25, -0.2) is 0 Å². The zero-order valence-corrected chi connectivity index (χ0v) is 25.9. The van der Waals surface area contributed by atoms with Crippen molar-refractivity contribution in [2.75, 3.05) is 74.8 Å². The summed E-state index contributed by atoms with van der Waals surface area (Å²) in [5.74, 6) is 1.73. The summed E-state index contributed by atoms with van der Waals surface area (Å²) < 4.78 is 1.05. The van der Waals surface area contributed by atoms with Crippen molar-refractivity contribution in [3.8, 4) is 0 Å². The highest BCUT2D eigenvalue weighted by molar-refractivity contribution is 9.93. The molecule has 2 aromatic carbocycles. The van der Waals surface area contributed by atoms with Crippen LogP contribution in [0, 0.1) is 13.8 Å². The van der Waals surface area contributed by atoms with Crippen molar-refractivity contribution >= 4 is 78.9 Å². The number of hydrogen-bond donors (Lipinski definition) is 4. The molecule has 4 rings (SSSR count). The molecule has 4 N–H and O–H groups in total. The number of hydrogen-bond acceptors (Lipinski definition) is 8. The Balaban J connectivity index is 0.000000231. The minimum atomic E-state index is 0.840. The molecular weight excluding hydrogens is 640 g/mol. The molecule has 0 amide bonds. The van der Waals surface area contributed by atoms with Gasteiger partial charge in [0, 0.05) is 91.1 Å². The maximum absolute atomic E-state index is 4.35. The third-order valence-electron chi connectivity index (χ3n) is 5.50. The molecule has 2 aromatic rings. The predicted molar refractivity (Wildman–Crippen MR) is 164 cm³/mol. The van der Waals surface area contributed by atoms with Gasteiger partial charge in [0.15, 0.2) is 11.9 Å². The minimum Gasteiger partial charge on any atom is -0.377 e. The summed E-state index contributed by atoms with van der Waals surface area (Å²) in [6.07, 6.45) is 0. The lowest BCUT2D eigenvalue weighted by atomic mass is 10.1. The van der Waals surface area contributed by atoms with Gasteiger partial charge >= 0.3 is 0 Å². The zero-order chi connectivity index (χ0) is 26.0. The second-order valence-electron chi connectivity index (χ2n) is 8.37. The van der Waals surface area contributed by atoms with E-state index in [-0.39, 0.29) is 0 Å². The third-order valence-corrected chi connectivity index (χ3v) is 6.16. The molecule has 0 aromatic heterocycles. The maximum Gasteiger partial charge on any atom is 0.195 e. The van der Waals surface area contributed by atoms with Crippen LogP contribution < -0.4 is 31.1 Å². The van der Waals surface area contributed by atoms with Crippen LogP contribution in [-0.4, -0.2) is 66.3 Å². The van der Waals surface area contributed by atoms with Gasteiger partial charge in [-0.05, 0) is 65.2 Å². The largest absolute Gasteiger partial charge is 0.377 e. The van der Waals surface area contributed by atoms with Gasteiger partial charge in [-0.3, -0.25) is 9.98 Å². The summed E-state index contributed by atoms with van der Waals surface area (Å²) in [5, 5.41) is 13.1. The van der Waals surface area contributed by atoms with Crippen LogP contribution in [0.25, 0.3) is 0 Å². The van der Waals surface area contributed by atoms with Crippen LogP contribution in [-0.2, 0) is 0 Å². The van der Waals surface area contributed by atoms with E-state index in [1.54, 1.807) is 0 Å². The first kappa shape index (κ1) is 29.3. The number of aliphatic imine (C=N–C) groups is 2. The summed E-state index contributed by atoms with van der Waals surface area (Å²) in [6.45, 7) is 7.76. The molecule has 0 spiro atoms. The highest BCUT2D eigenvalue weighted by Crippen LogP contribution is 2.32. The highest BCUT2D eigenvalue weighted by Gasteiger charge is 2.13. The summed E-state index contributed by atoms with van der Waals surface area (Å²) in [4.78, 5) is 12.9. The van der Waals surface area contributed by atoms with Gasteiger partial charge < -0.3 is 31.1 Å². The predicted octanol–water partition coefficient (Wildman–Crippen LogP) is 5.32. The average Bonchev–Trinajstić information content (AvgIpc) is 3.54. The van der Waals surface area contributed by atoms with Crippen molar-refractivity contribution in [3.63, 3.8) is 0 Å². The van der Waals surface area contributed by atoms with Crippen LogP contribution in [0.4, 0.5) is 22.7 Å². The Labute approximate surface area is 233 Å². The van der Waals surface area contributed by atoms with Crippen LogP contribution in [0.2, 0.25) is 0 Å². The van der Waals surface area contributed by atoms with E-state index in [4.69, 9.17) is 0 Å². The Morgan fingerprint density at radius 3 is 1.83 bits per heavy atom. The van der Waals surface area contributed by atoms with Crippen molar-refractivity contribution in [2.24, 2.45) is 9.98 Å². The summed E-state index contributed by atoms with van der Waals surface area (Å²) in [6, 6.07) is 10.4. The highest BCUT2D eigenvalue weighted by atomic mass is 80.9. The molecule has 0 bridgehead atoms. The van der Waals surface area contributed by atoms with Gasteiger partial charge in [-0.15, -0.1) is 0 Å².